The third-order valence-electron chi connectivity index (χ3n) is 5.05. The number of hydrogen-bond donors (Lipinski definition) is 0. The Morgan fingerprint density at radius 2 is 1.96 bits per heavy atom. The van der Waals surface area contributed by atoms with Gasteiger partial charge in [-0.25, -0.2) is 4.68 Å². The van der Waals surface area contributed by atoms with Crippen LogP contribution in [0.5, 0.6) is 0 Å². The molecular formula is C20H23ClN6O. The van der Waals surface area contributed by atoms with Crippen molar-refractivity contribution in [2.24, 2.45) is 0 Å². The van der Waals surface area contributed by atoms with Gasteiger partial charge in [0, 0.05) is 37.7 Å². The monoisotopic (exact) mass is 398 g/mol. The zero-order valence-electron chi connectivity index (χ0n) is 15.6. The lowest BCUT2D eigenvalue weighted by Crippen LogP contribution is -2.48. The predicted molar refractivity (Wildman–Crippen MR) is 107 cm³/mol. The molecule has 0 spiro atoms. The molecule has 1 fully saturated rings. The van der Waals surface area contributed by atoms with E-state index in [0.29, 0.717) is 11.6 Å². The van der Waals surface area contributed by atoms with Gasteiger partial charge in [-0.2, -0.15) is 0 Å². The maximum atomic E-state index is 6.58. The lowest BCUT2D eigenvalue weighted by molar-refractivity contribution is 0.112. The van der Waals surface area contributed by atoms with Gasteiger partial charge in [0.05, 0.1) is 12.3 Å². The highest BCUT2D eigenvalue weighted by atomic mass is 35.5. The highest BCUT2D eigenvalue weighted by Gasteiger charge is 2.31. The van der Waals surface area contributed by atoms with Gasteiger partial charge in [0.1, 0.15) is 12.3 Å². The molecule has 3 heterocycles. The van der Waals surface area contributed by atoms with Gasteiger partial charge in [-0.05, 0) is 34.2 Å². The molecule has 8 heteroatoms. The van der Waals surface area contributed by atoms with Crippen LogP contribution in [-0.2, 0) is 6.54 Å². The Kier molecular flexibility index (Phi) is 5.85. The van der Waals surface area contributed by atoms with Crippen LogP contribution in [0.2, 0.25) is 5.02 Å². The summed E-state index contributed by atoms with van der Waals surface area (Å²) in [5.74, 6) is 1.57. The second-order valence-corrected chi connectivity index (χ2v) is 7.23. The number of tetrazole rings is 1. The van der Waals surface area contributed by atoms with Crippen molar-refractivity contribution in [1.82, 2.24) is 30.0 Å². The number of hydrogen-bond acceptors (Lipinski definition) is 6. The minimum Gasteiger partial charge on any atom is -0.467 e. The second-order valence-electron chi connectivity index (χ2n) is 6.82. The summed E-state index contributed by atoms with van der Waals surface area (Å²) in [4.78, 5) is 4.78. The third-order valence-corrected chi connectivity index (χ3v) is 5.39. The average Bonchev–Trinajstić information content (AvgIpc) is 3.38. The van der Waals surface area contributed by atoms with Crippen molar-refractivity contribution in [3.63, 3.8) is 0 Å². The Morgan fingerprint density at radius 1 is 1.14 bits per heavy atom. The van der Waals surface area contributed by atoms with Gasteiger partial charge in [0.15, 0.2) is 5.82 Å². The van der Waals surface area contributed by atoms with Crippen LogP contribution in [-0.4, -0.2) is 62.7 Å². The standard InChI is InChI=1S/C20H23ClN6O/c1-2-9-25-10-12-26(13-11-25)19(17-7-3-4-8-18(17)21)20-22-23-24-27(20)15-16-6-5-14-28-16/h2-8,14,19H,1,9-13,15H2. The van der Waals surface area contributed by atoms with E-state index in [9.17, 15) is 0 Å². The summed E-state index contributed by atoms with van der Waals surface area (Å²) in [7, 11) is 0. The van der Waals surface area contributed by atoms with E-state index in [1.807, 2.05) is 36.4 Å². The van der Waals surface area contributed by atoms with E-state index in [-0.39, 0.29) is 6.04 Å². The van der Waals surface area contributed by atoms with Crippen molar-refractivity contribution in [3.05, 3.63) is 77.5 Å². The molecule has 1 unspecified atom stereocenters. The fourth-order valence-corrected chi connectivity index (χ4v) is 3.89. The fraction of sp³-hybridized carbons (Fsp3) is 0.350. The molecule has 2 aromatic heterocycles. The van der Waals surface area contributed by atoms with Gasteiger partial charge in [-0.1, -0.05) is 35.9 Å². The number of piperazine rings is 1. The molecule has 0 bridgehead atoms. The van der Waals surface area contributed by atoms with E-state index in [2.05, 4.69) is 38.0 Å². The van der Waals surface area contributed by atoms with Gasteiger partial charge in [-0.15, -0.1) is 11.7 Å². The second kappa shape index (κ2) is 8.68. The molecule has 1 saturated heterocycles. The SMILES string of the molecule is C=CCN1CCN(C(c2ccccc2Cl)c2nnnn2Cc2ccco2)CC1. The zero-order valence-corrected chi connectivity index (χ0v) is 16.4. The first-order valence-electron chi connectivity index (χ1n) is 9.36. The van der Waals surface area contributed by atoms with Crippen molar-refractivity contribution in [2.75, 3.05) is 32.7 Å². The Morgan fingerprint density at radius 3 is 2.68 bits per heavy atom. The highest BCUT2D eigenvalue weighted by Crippen LogP contribution is 2.32. The quantitative estimate of drug-likeness (QED) is 0.570. The Labute approximate surface area is 169 Å². The van der Waals surface area contributed by atoms with Crippen molar-refractivity contribution < 1.29 is 4.42 Å². The van der Waals surface area contributed by atoms with Crippen molar-refractivity contribution in [1.29, 1.82) is 0 Å². The minimum absolute atomic E-state index is 0.121. The molecule has 3 aromatic rings. The molecule has 146 valence electrons. The number of aromatic nitrogens is 4. The largest absolute Gasteiger partial charge is 0.467 e. The smallest absolute Gasteiger partial charge is 0.173 e. The molecule has 1 aromatic carbocycles. The highest BCUT2D eigenvalue weighted by molar-refractivity contribution is 6.31. The van der Waals surface area contributed by atoms with Crippen LogP contribution in [0.25, 0.3) is 0 Å². The van der Waals surface area contributed by atoms with Gasteiger partial charge >= 0.3 is 0 Å². The molecule has 0 amide bonds. The molecule has 28 heavy (non-hydrogen) atoms. The summed E-state index contributed by atoms with van der Waals surface area (Å²) in [6.45, 7) is 8.96. The van der Waals surface area contributed by atoms with Gasteiger partial charge in [-0.3, -0.25) is 9.80 Å². The average molecular weight is 399 g/mol. The van der Waals surface area contributed by atoms with Crippen LogP contribution in [0.4, 0.5) is 0 Å². The first-order valence-corrected chi connectivity index (χ1v) is 9.74. The van der Waals surface area contributed by atoms with Crippen LogP contribution < -0.4 is 0 Å². The minimum atomic E-state index is -0.121. The first-order chi connectivity index (χ1) is 13.8. The molecule has 0 radical (unpaired) electrons. The van der Waals surface area contributed by atoms with Crippen LogP contribution >= 0.6 is 11.6 Å². The number of halogens is 1. The Bertz CT molecular complexity index is 901. The van der Waals surface area contributed by atoms with Crippen molar-refractivity contribution >= 4 is 11.6 Å². The Hall–Kier alpha value is -2.48. The van der Waals surface area contributed by atoms with Gasteiger partial charge in [0.2, 0.25) is 0 Å². The lowest BCUT2D eigenvalue weighted by Gasteiger charge is -2.38. The van der Waals surface area contributed by atoms with Crippen molar-refractivity contribution in [3.8, 4) is 0 Å². The number of nitrogens with zero attached hydrogens (tertiary/aromatic N) is 6. The summed E-state index contributed by atoms with van der Waals surface area (Å²) in [6.07, 6.45) is 3.61. The normalized spacial score (nSPS) is 16.9. The number of furan rings is 1. The number of rotatable bonds is 7. The van der Waals surface area contributed by atoms with E-state index in [1.165, 1.54) is 0 Å². The van der Waals surface area contributed by atoms with E-state index in [1.54, 1.807) is 10.9 Å². The molecule has 1 aliphatic rings. The van der Waals surface area contributed by atoms with E-state index in [0.717, 1.165) is 49.9 Å². The Balaban J connectivity index is 1.66. The van der Waals surface area contributed by atoms with Crippen LogP contribution in [0, 0.1) is 0 Å². The molecule has 0 aliphatic carbocycles. The molecule has 0 saturated carbocycles. The molecule has 7 nitrogen and oxygen atoms in total. The zero-order chi connectivity index (χ0) is 19.3. The topological polar surface area (TPSA) is 63.2 Å². The predicted octanol–water partition coefficient (Wildman–Crippen LogP) is 2.86. The van der Waals surface area contributed by atoms with E-state index >= 15 is 0 Å². The molecule has 1 atom stereocenters. The molecule has 1 aliphatic heterocycles. The van der Waals surface area contributed by atoms with Crippen molar-refractivity contribution in [2.45, 2.75) is 12.6 Å². The lowest BCUT2D eigenvalue weighted by atomic mass is 10.0. The van der Waals surface area contributed by atoms with E-state index < -0.39 is 0 Å². The molecule has 4 rings (SSSR count). The summed E-state index contributed by atoms with van der Waals surface area (Å²) in [6, 6.07) is 11.6. The maximum Gasteiger partial charge on any atom is 0.173 e. The molecular weight excluding hydrogens is 376 g/mol. The fourth-order valence-electron chi connectivity index (χ4n) is 3.65. The summed E-state index contributed by atoms with van der Waals surface area (Å²) >= 11 is 6.58. The van der Waals surface area contributed by atoms with Crippen LogP contribution in [0.3, 0.4) is 0 Å². The summed E-state index contributed by atoms with van der Waals surface area (Å²) < 4.78 is 7.28. The van der Waals surface area contributed by atoms with Crippen LogP contribution in [0.1, 0.15) is 23.2 Å². The summed E-state index contributed by atoms with van der Waals surface area (Å²) in [5.41, 5.74) is 1.01. The van der Waals surface area contributed by atoms with Gasteiger partial charge in [0.25, 0.3) is 0 Å². The van der Waals surface area contributed by atoms with E-state index in [4.69, 9.17) is 16.0 Å². The maximum absolute atomic E-state index is 6.58. The summed E-state index contributed by atoms with van der Waals surface area (Å²) in [5, 5.41) is 13.2. The molecule has 0 N–H and O–H groups in total. The van der Waals surface area contributed by atoms with Crippen LogP contribution in [0.15, 0.2) is 59.7 Å². The number of benzene rings is 1. The van der Waals surface area contributed by atoms with Gasteiger partial charge < -0.3 is 4.42 Å². The first kappa shape index (κ1) is 18.9. The third kappa shape index (κ3) is 4.01.